The fourth-order valence-corrected chi connectivity index (χ4v) is 3.82. The Morgan fingerprint density at radius 2 is 2.00 bits per heavy atom. The highest BCUT2D eigenvalue weighted by atomic mass is 32.1. The molecular weight excluding hydrogens is 392 g/mol. The van der Waals surface area contributed by atoms with E-state index in [9.17, 15) is 9.90 Å². The van der Waals surface area contributed by atoms with E-state index in [4.69, 9.17) is 13.9 Å². The molecule has 4 aromatic rings. The molecule has 0 bridgehead atoms. The fraction of sp³-hybridized carbons (Fsp3) is 0.143. The molecular formula is C21H18N2O5S. The number of benzene rings is 2. The van der Waals surface area contributed by atoms with Crippen molar-refractivity contribution < 1.29 is 23.8 Å². The number of anilines is 1. The SMILES string of the molecule is COc1ccc(OC)c(Cc2ccc(C(=O)Nc3nc4ccc(O)cc4s3)o2)c1. The van der Waals surface area contributed by atoms with Crippen molar-refractivity contribution in [3.63, 3.8) is 0 Å². The Morgan fingerprint density at radius 1 is 1.14 bits per heavy atom. The molecule has 0 unspecified atom stereocenters. The third-order valence-corrected chi connectivity index (χ3v) is 5.26. The van der Waals surface area contributed by atoms with Crippen LogP contribution in [0.4, 0.5) is 5.13 Å². The number of nitrogens with zero attached hydrogens (tertiary/aromatic N) is 1. The number of nitrogens with one attached hydrogen (secondary N) is 1. The van der Waals surface area contributed by atoms with Gasteiger partial charge in [-0.2, -0.15) is 0 Å². The molecule has 0 aliphatic carbocycles. The highest BCUT2D eigenvalue weighted by Gasteiger charge is 2.15. The Labute approximate surface area is 170 Å². The molecule has 7 nitrogen and oxygen atoms in total. The van der Waals surface area contributed by atoms with Crippen LogP contribution < -0.4 is 14.8 Å². The Hall–Kier alpha value is -3.52. The second-order valence-corrected chi connectivity index (χ2v) is 7.28. The topological polar surface area (TPSA) is 93.8 Å². The van der Waals surface area contributed by atoms with Gasteiger partial charge in [-0.15, -0.1) is 0 Å². The smallest absolute Gasteiger partial charge is 0.293 e. The van der Waals surface area contributed by atoms with Crippen LogP contribution in [0.1, 0.15) is 21.9 Å². The van der Waals surface area contributed by atoms with Gasteiger partial charge < -0.3 is 19.0 Å². The molecule has 1 amide bonds. The number of amides is 1. The standard InChI is InChI=1S/C21H18N2O5S/c1-26-14-4-7-17(27-2)12(9-14)10-15-5-8-18(28-15)20(25)23-21-22-16-6-3-13(24)11-19(16)29-21/h3-9,11,24H,10H2,1-2H3,(H,22,23,25). The normalized spacial score (nSPS) is 10.8. The molecule has 2 aromatic heterocycles. The van der Waals surface area contributed by atoms with Gasteiger partial charge in [0, 0.05) is 12.0 Å². The largest absolute Gasteiger partial charge is 0.508 e. The Kier molecular flexibility index (Phi) is 5.09. The zero-order valence-corrected chi connectivity index (χ0v) is 16.6. The van der Waals surface area contributed by atoms with Crippen LogP contribution in [-0.4, -0.2) is 30.2 Å². The molecule has 0 fully saturated rings. The van der Waals surface area contributed by atoms with Gasteiger partial charge in [0.2, 0.25) is 0 Å². The van der Waals surface area contributed by atoms with Crippen LogP contribution in [0.25, 0.3) is 10.2 Å². The average Bonchev–Trinajstić information content (AvgIpc) is 3.34. The van der Waals surface area contributed by atoms with Crippen molar-refractivity contribution in [2.45, 2.75) is 6.42 Å². The van der Waals surface area contributed by atoms with Gasteiger partial charge >= 0.3 is 0 Å². The van der Waals surface area contributed by atoms with E-state index in [1.807, 2.05) is 18.2 Å². The number of ether oxygens (including phenoxy) is 2. The number of aromatic hydroxyl groups is 1. The predicted molar refractivity (Wildman–Crippen MR) is 110 cm³/mol. The van der Waals surface area contributed by atoms with E-state index in [2.05, 4.69) is 10.3 Å². The van der Waals surface area contributed by atoms with Crippen molar-refractivity contribution >= 4 is 32.6 Å². The predicted octanol–water partition coefficient (Wildman–Crippen LogP) is 4.46. The molecule has 0 radical (unpaired) electrons. The Morgan fingerprint density at radius 3 is 2.79 bits per heavy atom. The summed E-state index contributed by atoms with van der Waals surface area (Å²) in [6.45, 7) is 0. The summed E-state index contributed by atoms with van der Waals surface area (Å²) in [5.74, 6) is 2.00. The lowest BCUT2D eigenvalue weighted by Gasteiger charge is -2.09. The van der Waals surface area contributed by atoms with Gasteiger partial charge in [-0.25, -0.2) is 4.98 Å². The van der Waals surface area contributed by atoms with E-state index in [0.29, 0.717) is 34.3 Å². The Balaban J connectivity index is 1.50. The minimum absolute atomic E-state index is 0.155. The van der Waals surface area contributed by atoms with Gasteiger partial charge in [-0.05, 0) is 48.5 Å². The zero-order chi connectivity index (χ0) is 20.4. The van der Waals surface area contributed by atoms with Crippen LogP contribution in [0.15, 0.2) is 52.9 Å². The van der Waals surface area contributed by atoms with E-state index in [1.54, 1.807) is 44.6 Å². The third-order valence-electron chi connectivity index (χ3n) is 4.33. The lowest BCUT2D eigenvalue weighted by atomic mass is 10.1. The quantitative estimate of drug-likeness (QED) is 0.488. The molecule has 0 aliphatic rings. The van der Waals surface area contributed by atoms with Gasteiger partial charge in [0.1, 0.15) is 23.0 Å². The molecule has 2 N–H and O–H groups in total. The summed E-state index contributed by atoms with van der Waals surface area (Å²) in [6.07, 6.45) is 0.452. The van der Waals surface area contributed by atoms with Gasteiger partial charge in [0.15, 0.2) is 10.9 Å². The number of thiazole rings is 1. The second kappa shape index (κ2) is 7.84. The lowest BCUT2D eigenvalue weighted by Crippen LogP contribution is -2.10. The minimum Gasteiger partial charge on any atom is -0.508 e. The minimum atomic E-state index is -0.392. The van der Waals surface area contributed by atoms with Crippen molar-refractivity contribution in [1.82, 2.24) is 4.98 Å². The summed E-state index contributed by atoms with van der Waals surface area (Å²) in [7, 11) is 3.20. The molecule has 2 aromatic carbocycles. The van der Waals surface area contributed by atoms with E-state index in [-0.39, 0.29) is 11.5 Å². The van der Waals surface area contributed by atoms with Crippen LogP contribution in [0.3, 0.4) is 0 Å². The summed E-state index contributed by atoms with van der Waals surface area (Å²) in [6, 6.07) is 13.8. The van der Waals surface area contributed by atoms with Crippen molar-refractivity contribution in [2.24, 2.45) is 0 Å². The summed E-state index contributed by atoms with van der Waals surface area (Å²) >= 11 is 1.28. The molecule has 0 aliphatic heterocycles. The second-order valence-electron chi connectivity index (χ2n) is 6.25. The molecule has 0 saturated heterocycles. The number of carbonyl (C=O) groups is 1. The molecule has 0 saturated carbocycles. The number of hydrogen-bond donors (Lipinski definition) is 2. The van der Waals surface area contributed by atoms with E-state index >= 15 is 0 Å². The monoisotopic (exact) mass is 410 g/mol. The first-order valence-corrected chi connectivity index (χ1v) is 9.58. The van der Waals surface area contributed by atoms with Crippen LogP contribution in [-0.2, 0) is 6.42 Å². The molecule has 0 spiro atoms. The van der Waals surface area contributed by atoms with Gasteiger partial charge in [-0.1, -0.05) is 11.3 Å². The molecule has 0 atom stereocenters. The summed E-state index contributed by atoms with van der Waals surface area (Å²) < 4.78 is 17.1. The maximum Gasteiger partial charge on any atom is 0.293 e. The molecule has 148 valence electrons. The number of furan rings is 1. The zero-order valence-electron chi connectivity index (χ0n) is 15.8. The van der Waals surface area contributed by atoms with Crippen molar-refractivity contribution in [3.8, 4) is 17.2 Å². The number of rotatable bonds is 6. The van der Waals surface area contributed by atoms with E-state index < -0.39 is 5.91 Å². The summed E-state index contributed by atoms with van der Waals surface area (Å²) in [5, 5.41) is 12.7. The molecule has 29 heavy (non-hydrogen) atoms. The maximum absolute atomic E-state index is 12.5. The first-order chi connectivity index (χ1) is 14.1. The first kappa shape index (κ1) is 18.8. The van der Waals surface area contributed by atoms with Crippen LogP contribution in [0.5, 0.6) is 17.2 Å². The van der Waals surface area contributed by atoms with Crippen molar-refractivity contribution in [2.75, 3.05) is 19.5 Å². The highest BCUT2D eigenvalue weighted by molar-refractivity contribution is 7.22. The van der Waals surface area contributed by atoms with E-state index in [0.717, 1.165) is 10.3 Å². The van der Waals surface area contributed by atoms with Gasteiger partial charge in [-0.3, -0.25) is 10.1 Å². The lowest BCUT2D eigenvalue weighted by molar-refractivity contribution is 0.0995. The molecule has 2 heterocycles. The van der Waals surface area contributed by atoms with Crippen LogP contribution >= 0.6 is 11.3 Å². The van der Waals surface area contributed by atoms with Crippen molar-refractivity contribution in [1.29, 1.82) is 0 Å². The summed E-state index contributed by atoms with van der Waals surface area (Å²) in [5.41, 5.74) is 1.59. The number of fused-ring (bicyclic) bond motifs is 1. The number of aromatic nitrogens is 1. The summed E-state index contributed by atoms with van der Waals surface area (Å²) in [4.78, 5) is 16.9. The fourth-order valence-electron chi connectivity index (χ4n) is 2.93. The molecule has 4 rings (SSSR count). The van der Waals surface area contributed by atoms with Gasteiger partial charge in [0.25, 0.3) is 5.91 Å². The van der Waals surface area contributed by atoms with Crippen LogP contribution in [0, 0.1) is 0 Å². The molecule has 8 heteroatoms. The van der Waals surface area contributed by atoms with Crippen LogP contribution in [0.2, 0.25) is 0 Å². The number of phenolic OH excluding ortho intramolecular Hbond substituents is 1. The number of carbonyl (C=O) groups excluding carboxylic acids is 1. The third kappa shape index (κ3) is 4.02. The number of methoxy groups -OCH3 is 2. The Bertz CT molecular complexity index is 1180. The first-order valence-electron chi connectivity index (χ1n) is 8.76. The average molecular weight is 410 g/mol. The maximum atomic E-state index is 12.5. The van der Waals surface area contributed by atoms with Crippen molar-refractivity contribution in [3.05, 3.63) is 65.6 Å². The van der Waals surface area contributed by atoms with Gasteiger partial charge in [0.05, 0.1) is 24.4 Å². The highest BCUT2D eigenvalue weighted by Crippen LogP contribution is 2.30. The number of phenols is 1. The number of hydrogen-bond acceptors (Lipinski definition) is 7. The van der Waals surface area contributed by atoms with E-state index in [1.165, 1.54) is 11.3 Å².